The fourth-order valence-corrected chi connectivity index (χ4v) is 2.77. The molecule has 2 rings (SSSR count). The topological polar surface area (TPSA) is 46.3 Å². The van der Waals surface area contributed by atoms with Crippen molar-refractivity contribution in [3.05, 3.63) is 35.6 Å². The molecule has 0 aromatic heterocycles. The molecular weight excluding hydrogens is 243 g/mol. The Balaban J connectivity index is 2.18. The Kier molecular flexibility index (Phi) is 4.91. The van der Waals surface area contributed by atoms with Gasteiger partial charge in [0.2, 0.25) is 0 Å². The first-order valence-corrected chi connectivity index (χ1v) is 6.99. The van der Waals surface area contributed by atoms with Gasteiger partial charge in [-0.3, -0.25) is 4.79 Å². The molecule has 1 fully saturated rings. The van der Waals surface area contributed by atoms with Gasteiger partial charge in [0, 0.05) is 19.1 Å². The Labute approximate surface area is 113 Å². The van der Waals surface area contributed by atoms with Crippen LogP contribution in [-0.2, 0) is 0 Å². The molecule has 0 aliphatic heterocycles. The Bertz CT molecular complexity index is 430. The first kappa shape index (κ1) is 14.0. The monoisotopic (exact) mass is 264 g/mol. The van der Waals surface area contributed by atoms with E-state index < -0.39 is 5.82 Å². The summed E-state index contributed by atoms with van der Waals surface area (Å²) in [7, 11) is 0. The molecule has 0 unspecified atom stereocenters. The van der Waals surface area contributed by atoms with Crippen molar-refractivity contribution in [1.82, 2.24) is 4.90 Å². The Morgan fingerprint density at radius 1 is 1.26 bits per heavy atom. The number of hydrogen-bond donors (Lipinski definition) is 1. The Morgan fingerprint density at radius 2 is 1.95 bits per heavy atom. The van der Waals surface area contributed by atoms with Gasteiger partial charge in [0.15, 0.2) is 0 Å². The second-order valence-electron chi connectivity index (χ2n) is 5.06. The van der Waals surface area contributed by atoms with Gasteiger partial charge in [0.25, 0.3) is 5.91 Å². The van der Waals surface area contributed by atoms with Gasteiger partial charge in [-0.2, -0.15) is 0 Å². The highest BCUT2D eigenvalue weighted by Gasteiger charge is 2.26. The summed E-state index contributed by atoms with van der Waals surface area (Å²) in [5.74, 6) is -0.680. The molecule has 1 aliphatic rings. The molecule has 0 atom stereocenters. The second-order valence-corrected chi connectivity index (χ2v) is 5.06. The van der Waals surface area contributed by atoms with Crippen molar-refractivity contribution in [2.24, 2.45) is 5.73 Å². The van der Waals surface area contributed by atoms with Crippen LogP contribution in [0, 0.1) is 5.82 Å². The van der Waals surface area contributed by atoms with Crippen LogP contribution < -0.4 is 5.73 Å². The van der Waals surface area contributed by atoms with Gasteiger partial charge in [0.1, 0.15) is 5.82 Å². The zero-order chi connectivity index (χ0) is 13.7. The number of benzene rings is 1. The van der Waals surface area contributed by atoms with Crippen molar-refractivity contribution >= 4 is 5.91 Å². The van der Waals surface area contributed by atoms with Gasteiger partial charge in [-0.15, -0.1) is 0 Å². The highest BCUT2D eigenvalue weighted by molar-refractivity contribution is 5.94. The standard InChI is InChI=1S/C15H21FN2O/c16-14-9-5-4-8-13(14)15(19)18(11-10-17)12-6-2-1-3-7-12/h4-5,8-9,12H,1-3,6-7,10-11,17H2. The third-order valence-corrected chi connectivity index (χ3v) is 3.75. The smallest absolute Gasteiger partial charge is 0.257 e. The fraction of sp³-hybridized carbons (Fsp3) is 0.533. The fourth-order valence-electron chi connectivity index (χ4n) is 2.77. The normalized spacial score (nSPS) is 16.3. The summed E-state index contributed by atoms with van der Waals surface area (Å²) in [6.45, 7) is 0.911. The number of carbonyl (C=O) groups is 1. The molecule has 3 nitrogen and oxygen atoms in total. The van der Waals surface area contributed by atoms with Crippen molar-refractivity contribution in [3.8, 4) is 0 Å². The van der Waals surface area contributed by atoms with Gasteiger partial charge in [-0.05, 0) is 25.0 Å². The molecule has 1 aromatic carbocycles. The lowest BCUT2D eigenvalue weighted by Crippen LogP contribution is -2.44. The van der Waals surface area contributed by atoms with Gasteiger partial charge in [0.05, 0.1) is 5.56 Å². The molecule has 0 spiro atoms. The molecule has 4 heteroatoms. The lowest BCUT2D eigenvalue weighted by atomic mass is 9.93. The largest absolute Gasteiger partial charge is 0.334 e. The van der Waals surface area contributed by atoms with Crippen LogP contribution in [0.1, 0.15) is 42.5 Å². The van der Waals surface area contributed by atoms with Gasteiger partial charge < -0.3 is 10.6 Å². The molecule has 1 aromatic rings. The molecule has 1 aliphatic carbocycles. The summed E-state index contributed by atoms with van der Waals surface area (Å²) in [5.41, 5.74) is 5.76. The zero-order valence-corrected chi connectivity index (χ0v) is 11.1. The number of amides is 1. The summed E-state index contributed by atoms with van der Waals surface area (Å²) in [6, 6.07) is 6.38. The summed E-state index contributed by atoms with van der Waals surface area (Å²) in [6.07, 6.45) is 5.49. The lowest BCUT2D eigenvalue weighted by Gasteiger charge is -2.34. The average molecular weight is 264 g/mol. The number of rotatable bonds is 4. The number of hydrogen-bond acceptors (Lipinski definition) is 2. The zero-order valence-electron chi connectivity index (χ0n) is 11.1. The molecule has 0 heterocycles. The molecular formula is C15H21FN2O. The SMILES string of the molecule is NCCN(C(=O)c1ccccc1F)C1CCCCC1. The highest BCUT2D eigenvalue weighted by atomic mass is 19.1. The van der Waals surface area contributed by atoms with E-state index in [0.29, 0.717) is 13.1 Å². The van der Waals surface area contributed by atoms with Crippen LogP contribution in [0.15, 0.2) is 24.3 Å². The minimum absolute atomic E-state index is 0.154. The first-order chi connectivity index (χ1) is 9.24. The minimum Gasteiger partial charge on any atom is -0.334 e. The minimum atomic E-state index is -0.453. The molecule has 0 radical (unpaired) electrons. The van der Waals surface area contributed by atoms with Crippen molar-refractivity contribution in [2.45, 2.75) is 38.1 Å². The molecule has 0 saturated heterocycles. The third kappa shape index (κ3) is 3.32. The van der Waals surface area contributed by atoms with Crippen LogP contribution in [0.4, 0.5) is 4.39 Å². The average Bonchev–Trinajstić information content (AvgIpc) is 2.45. The quantitative estimate of drug-likeness (QED) is 0.908. The van der Waals surface area contributed by atoms with E-state index in [1.54, 1.807) is 23.1 Å². The number of carbonyl (C=O) groups excluding carboxylic acids is 1. The van der Waals surface area contributed by atoms with Crippen LogP contribution in [0.2, 0.25) is 0 Å². The van der Waals surface area contributed by atoms with E-state index in [-0.39, 0.29) is 17.5 Å². The third-order valence-electron chi connectivity index (χ3n) is 3.75. The number of nitrogens with zero attached hydrogens (tertiary/aromatic N) is 1. The van der Waals surface area contributed by atoms with Crippen LogP contribution in [0.5, 0.6) is 0 Å². The van der Waals surface area contributed by atoms with Crippen LogP contribution >= 0.6 is 0 Å². The van der Waals surface area contributed by atoms with Gasteiger partial charge in [-0.1, -0.05) is 31.4 Å². The van der Waals surface area contributed by atoms with E-state index in [0.717, 1.165) is 25.7 Å². The van der Waals surface area contributed by atoms with Gasteiger partial charge in [-0.25, -0.2) is 4.39 Å². The summed E-state index contributed by atoms with van der Waals surface area (Å²) >= 11 is 0. The first-order valence-electron chi connectivity index (χ1n) is 6.99. The maximum Gasteiger partial charge on any atom is 0.257 e. The summed E-state index contributed by atoms with van der Waals surface area (Å²) < 4.78 is 13.7. The highest BCUT2D eigenvalue weighted by Crippen LogP contribution is 2.24. The molecule has 0 bridgehead atoms. The van der Waals surface area contributed by atoms with Crippen molar-refractivity contribution < 1.29 is 9.18 Å². The predicted molar refractivity (Wildman–Crippen MR) is 73.4 cm³/mol. The summed E-state index contributed by atoms with van der Waals surface area (Å²) in [5, 5.41) is 0. The van der Waals surface area contributed by atoms with Crippen molar-refractivity contribution in [3.63, 3.8) is 0 Å². The molecule has 1 amide bonds. The lowest BCUT2D eigenvalue weighted by molar-refractivity contribution is 0.0637. The van der Waals surface area contributed by atoms with E-state index in [1.165, 1.54) is 12.5 Å². The maximum absolute atomic E-state index is 13.7. The number of nitrogens with two attached hydrogens (primary N) is 1. The predicted octanol–water partition coefficient (Wildman–Crippen LogP) is 2.56. The van der Waals surface area contributed by atoms with Crippen LogP contribution in [-0.4, -0.2) is 29.9 Å². The second kappa shape index (κ2) is 6.66. The molecule has 104 valence electrons. The molecule has 2 N–H and O–H groups in total. The van der Waals surface area contributed by atoms with E-state index in [4.69, 9.17) is 5.73 Å². The van der Waals surface area contributed by atoms with E-state index >= 15 is 0 Å². The van der Waals surface area contributed by atoms with E-state index in [2.05, 4.69) is 0 Å². The Hall–Kier alpha value is -1.42. The van der Waals surface area contributed by atoms with Crippen LogP contribution in [0.25, 0.3) is 0 Å². The van der Waals surface area contributed by atoms with E-state index in [1.807, 2.05) is 0 Å². The van der Waals surface area contributed by atoms with Gasteiger partial charge >= 0.3 is 0 Å². The van der Waals surface area contributed by atoms with Crippen LogP contribution in [0.3, 0.4) is 0 Å². The van der Waals surface area contributed by atoms with Crippen molar-refractivity contribution in [1.29, 1.82) is 0 Å². The molecule has 19 heavy (non-hydrogen) atoms. The van der Waals surface area contributed by atoms with Crippen molar-refractivity contribution in [2.75, 3.05) is 13.1 Å². The Morgan fingerprint density at radius 3 is 2.58 bits per heavy atom. The number of halogens is 1. The van der Waals surface area contributed by atoms with E-state index in [9.17, 15) is 9.18 Å². The summed E-state index contributed by atoms with van der Waals surface area (Å²) in [4.78, 5) is 14.2. The molecule has 1 saturated carbocycles. The maximum atomic E-state index is 13.7.